The molecule has 0 aliphatic carbocycles. The van der Waals surface area contributed by atoms with Crippen LogP contribution in [-0.2, 0) is 0 Å². The van der Waals surface area contributed by atoms with E-state index in [4.69, 9.17) is 4.98 Å². The number of piperidine rings is 1. The van der Waals surface area contributed by atoms with Crippen LogP contribution < -0.4 is 10.2 Å². The smallest absolute Gasteiger partial charge is 0.180 e. The summed E-state index contributed by atoms with van der Waals surface area (Å²) in [5.41, 5.74) is 5.63. The first kappa shape index (κ1) is 18.8. The fourth-order valence-electron chi connectivity index (χ4n) is 4.33. The average molecular weight is 425 g/mol. The lowest BCUT2D eigenvalue weighted by Crippen LogP contribution is -2.38. The Balaban J connectivity index is 1.32. The van der Waals surface area contributed by atoms with Crippen molar-refractivity contribution >= 4 is 33.7 Å². The molecular weight excluding hydrogens is 402 g/mol. The highest BCUT2D eigenvalue weighted by atomic mass is 16.3. The van der Waals surface area contributed by atoms with Gasteiger partial charge < -0.3 is 19.7 Å². The van der Waals surface area contributed by atoms with Gasteiger partial charge in [-0.05, 0) is 43.2 Å². The van der Waals surface area contributed by atoms with E-state index in [9.17, 15) is 5.11 Å². The SMILES string of the molecule is O[C@@H]1CCCN(c2ccc(Nc3nc(-c4ccc5cn[nH]c5c4)cn4ccnc34)cc2)C1. The Hall–Kier alpha value is -3.91. The minimum absolute atomic E-state index is 0.247. The number of β-amino-alcohol motifs (C(OH)–C–C–N with tert-alkyl or cyclic N) is 1. The molecule has 1 aliphatic rings. The molecule has 3 aromatic heterocycles. The second-order valence-corrected chi connectivity index (χ2v) is 8.22. The molecule has 0 bridgehead atoms. The van der Waals surface area contributed by atoms with Crippen LogP contribution in [-0.4, -0.2) is 48.9 Å². The summed E-state index contributed by atoms with van der Waals surface area (Å²) < 4.78 is 1.98. The lowest BCUT2D eigenvalue weighted by Gasteiger charge is -2.32. The number of aliphatic hydroxyl groups is 1. The molecule has 1 atom stereocenters. The number of rotatable bonds is 4. The largest absolute Gasteiger partial charge is 0.391 e. The fraction of sp³-hybridized carbons (Fsp3) is 0.208. The van der Waals surface area contributed by atoms with Gasteiger partial charge in [-0.15, -0.1) is 0 Å². The molecule has 6 rings (SSSR count). The Bertz CT molecular complexity index is 1390. The molecule has 1 aliphatic heterocycles. The normalized spacial score (nSPS) is 16.7. The van der Waals surface area contributed by atoms with Crippen LogP contribution in [0.5, 0.6) is 0 Å². The maximum absolute atomic E-state index is 9.96. The molecule has 0 saturated carbocycles. The molecule has 8 nitrogen and oxygen atoms in total. The van der Waals surface area contributed by atoms with Crippen molar-refractivity contribution in [3.8, 4) is 11.3 Å². The number of imidazole rings is 1. The van der Waals surface area contributed by atoms with Crippen molar-refractivity contribution in [1.82, 2.24) is 24.6 Å². The van der Waals surface area contributed by atoms with E-state index in [1.165, 1.54) is 0 Å². The van der Waals surface area contributed by atoms with Crippen LogP contribution in [0.15, 0.2) is 67.3 Å². The molecule has 0 amide bonds. The predicted molar refractivity (Wildman–Crippen MR) is 125 cm³/mol. The van der Waals surface area contributed by atoms with Crippen LogP contribution >= 0.6 is 0 Å². The van der Waals surface area contributed by atoms with Crippen LogP contribution in [0.25, 0.3) is 27.8 Å². The van der Waals surface area contributed by atoms with Gasteiger partial charge >= 0.3 is 0 Å². The van der Waals surface area contributed by atoms with Crippen molar-refractivity contribution in [2.75, 3.05) is 23.3 Å². The number of anilines is 3. The van der Waals surface area contributed by atoms with Gasteiger partial charge in [-0.1, -0.05) is 12.1 Å². The van der Waals surface area contributed by atoms with Crippen LogP contribution in [0.2, 0.25) is 0 Å². The van der Waals surface area contributed by atoms with Crippen molar-refractivity contribution < 1.29 is 5.11 Å². The van der Waals surface area contributed by atoms with Crippen molar-refractivity contribution in [3.63, 3.8) is 0 Å². The van der Waals surface area contributed by atoms with Crippen molar-refractivity contribution in [3.05, 3.63) is 67.3 Å². The number of aromatic amines is 1. The van der Waals surface area contributed by atoms with Gasteiger partial charge in [0.05, 0.1) is 23.5 Å². The molecule has 4 heterocycles. The Morgan fingerprint density at radius 1 is 1.12 bits per heavy atom. The molecule has 5 aromatic rings. The van der Waals surface area contributed by atoms with Gasteiger partial charge in [0.15, 0.2) is 11.5 Å². The van der Waals surface area contributed by atoms with E-state index >= 15 is 0 Å². The first-order valence-electron chi connectivity index (χ1n) is 10.8. The molecular formula is C24H23N7O. The topological polar surface area (TPSA) is 94.4 Å². The quantitative estimate of drug-likeness (QED) is 0.403. The molecule has 1 fully saturated rings. The van der Waals surface area contributed by atoms with Gasteiger partial charge in [-0.3, -0.25) is 5.10 Å². The monoisotopic (exact) mass is 425 g/mol. The van der Waals surface area contributed by atoms with E-state index in [0.29, 0.717) is 12.4 Å². The van der Waals surface area contributed by atoms with Crippen LogP contribution in [0.4, 0.5) is 17.2 Å². The lowest BCUT2D eigenvalue weighted by molar-refractivity contribution is 0.154. The molecule has 8 heteroatoms. The van der Waals surface area contributed by atoms with Gasteiger partial charge in [-0.25, -0.2) is 9.97 Å². The first-order valence-corrected chi connectivity index (χ1v) is 10.8. The summed E-state index contributed by atoms with van der Waals surface area (Å²) >= 11 is 0. The second kappa shape index (κ2) is 7.65. The zero-order chi connectivity index (χ0) is 21.5. The van der Waals surface area contributed by atoms with Crippen molar-refractivity contribution in [2.45, 2.75) is 18.9 Å². The zero-order valence-electron chi connectivity index (χ0n) is 17.4. The van der Waals surface area contributed by atoms with E-state index < -0.39 is 0 Å². The number of hydrogen-bond acceptors (Lipinski definition) is 6. The highest BCUT2D eigenvalue weighted by Crippen LogP contribution is 2.28. The Morgan fingerprint density at radius 2 is 2.03 bits per heavy atom. The van der Waals surface area contributed by atoms with E-state index in [0.717, 1.165) is 58.6 Å². The third-order valence-corrected chi connectivity index (χ3v) is 6.00. The number of hydrogen-bond donors (Lipinski definition) is 3. The second-order valence-electron chi connectivity index (χ2n) is 8.22. The number of H-pyrrole nitrogens is 1. The number of aromatic nitrogens is 5. The van der Waals surface area contributed by atoms with E-state index in [-0.39, 0.29) is 6.10 Å². The predicted octanol–water partition coefficient (Wildman–Crippen LogP) is 3.98. The molecule has 0 unspecified atom stereocenters. The molecule has 32 heavy (non-hydrogen) atoms. The standard InChI is InChI=1S/C24H23N7O/c32-20-2-1-10-30(14-20)19-7-5-18(6-8-19)27-23-24-25-9-11-31(24)15-22(28-23)16-3-4-17-13-26-29-21(17)12-16/h3-9,11-13,15,20,32H,1-2,10,14H2,(H,26,29)(H,27,28)/t20-/m1/s1. The number of nitrogens with zero attached hydrogens (tertiary/aromatic N) is 5. The van der Waals surface area contributed by atoms with Gasteiger partial charge in [0, 0.05) is 54.0 Å². The number of benzene rings is 2. The molecule has 1 saturated heterocycles. The van der Waals surface area contributed by atoms with Gasteiger partial charge in [0.25, 0.3) is 0 Å². The highest BCUT2D eigenvalue weighted by Gasteiger charge is 2.18. The minimum atomic E-state index is -0.247. The lowest BCUT2D eigenvalue weighted by atomic mass is 10.1. The van der Waals surface area contributed by atoms with E-state index in [1.807, 2.05) is 41.2 Å². The number of nitrogens with one attached hydrogen (secondary N) is 2. The van der Waals surface area contributed by atoms with Crippen LogP contribution in [0.1, 0.15) is 12.8 Å². The Labute approximate surface area is 184 Å². The summed E-state index contributed by atoms with van der Waals surface area (Å²) in [6.45, 7) is 1.66. The third-order valence-electron chi connectivity index (χ3n) is 6.00. The van der Waals surface area contributed by atoms with Gasteiger partial charge in [0.2, 0.25) is 0 Å². The first-order chi connectivity index (χ1) is 15.7. The Kier molecular flexibility index (Phi) is 4.50. The highest BCUT2D eigenvalue weighted by molar-refractivity contribution is 5.84. The van der Waals surface area contributed by atoms with Gasteiger partial charge in [-0.2, -0.15) is 5.10 Å². The van der Waals surface area contributed by atoms with Crippen molar-refractivity contribution in [1.29, 1.82) is 0 Å². The maximum Gasteiger partial charge on any atom is 0.180 e. The maximum atomic E-state index is 9.96. The summed E-state index contributed by atoms with van der Waals surface area (Å²) in [5, 5.41) is 21.6. The van der Waals surface area contributed by atoms with Crippen LogP contribution in [0.3, 0.4) is 0 Å². The molecule has 3 N–H and O–H groups in total. The summed E-state index contributed by atoms with van der Waals surface area (Å²) in [6, 6.07) is 14.4. The number of aliphatic hydroxyl groups excluding tert-OH is 1. The Morgan fingerprint density at radius 3 is 2.91 bits per heavy atom. The van der Waals surface area contributed by atoms with E-state index in [2.05, 4.69) is 49.7 Å². The van der Waals surface area contributed by atoms with Crippen LogP contribution in [0, 0.1) is 0 Å². The zero-order valence-corrected chi connectivity index (χ0v) is 17.4. The third kappa shape index (κ3) is 3.44. The van der Waals surface area contributed by atoms with Gasteiger partial charge in [0.1, 0.15) is 0 Å². The minimum Gasteiger partial charge on any atom is -0.391 e. The summed E-state index contributed by atoms with van der Waals surface area (Å²) in [7, 11) is 0. The molecule has 160 valence electrons. The summed E-state index contributed by atoms with van der Waals surface area (Å²) in [4.78, 5) is 11.6. The molecule has 0 radical (unpaired) electrons. The fourth-order valence-corrected chi connectivity index (χ4v) is 4.33. The average Bonchev–Trinajstić information content (AvgIpc) is 3.48. The summed E-state index contributed by atoms with van der Waals surface area (Å²) in [6.07, 6.45) is 9.14. The molecule has 2 aromatic carbocycles. The van der Waals surface area contributed by atoms with Crippen molar-refractivity contribution in [2.24, 2.45) is 0 Å². The molecule has 0 spiro atoms. The summed E-state index contributed by atoms with van der Waals surface area (Å²) in [5.74, 6) is 0.693. The van der Waals surface area contributed by atoms with E-state index in [1.54, 1.807) is 6.20 Å². The number of fused-ring (bicyclic) bond motifs is 2.